The standard InChI is InChI=1S/C18H17NO/c1-3-14-19(15(2)16-10-6-4-7-11-16)18(20)17-12-8-5-9-13-17/h1,4-13,15H,14H2,2H3/t15-/m0/s1. The molecule has 0 aromatic heterocycles. The molecule has 2 heteroatoms. The molecule has 0 fully saturated rings. The molecule has 20 heavy (non-hydrogen) atoms. The summed E-state index contributed by atoms with van der Waals surface area (Å²) in [6, 6.07) is 19.1. The minimum Gasteiger partial charge on any atom is -0.321 e. The van der Waals surface area contributed by atoms with E-state index < -0.39 is 0 Å². The largest absolute Gasteiger partial charge is 0.321 e. The third-order valence-electron chi connectivity index (χ3n) is 3.29. The fourth-order valence-corrected chi connectivity index (χ4v) is 2.14. The molecule has 0 bridgehead atoms. The van der Waals surface area contributed by atoms with Gasteiger partial charge >= 0.3 is 0 Å². The molecule has 2 rings (SSSR count). The lowest BCUT2D eigenvalue weighted by molar-refractivity contribution is 0.0718. The smallest absolute Gasteiger partial charge is 0.255 e. The number of hydrogen-bond donors (Lipinski definition) is 0. The summed E-state index contributed by atoms with van der Waals surface area (Å²) in [5.74, 6) is 2.53. The van der Waals surface area contributed by atoms with Crippen LogP contribution in [-0.2, 0) is 0 Å². The number of terminal acetylenes is 1. The van der Waals surface area contributed by atoms with Crippen LogP contribution in [0.1, 0.15) is 28.9 Å². The quantitative estimate of drug-likeness (QED) is 0.773. The lowest BCUT2D eigenvalue weighted by Crippen LogP contribution is -2.34. The van der Waals surface area contributed by atoms with Gasteiger partial charge in [-0.25, -0.2) is 0 Å². The summed E-state index contributed by atoms with van der Waals surface area (Å²) in [6.45, 7) is 2.29. The van der Waals surface area contributed by atoms with Gasteiger partial charge < -0.3 is 4.90 Å². The summed E-state index contributed by atoms with van der Waals surface area (Å²) in [5, 5.41) is 0. The molecule has 0 saturated carbocycles. The number of hydrogen-bond acceptors (Lipinski definition) is 1. The third kappa shape index (κ3) is 3.07. The summed E-state index contributed by atoms with van der Waals surface area (Å²) in [5.41, 5.74) is 1.73. The molecular formula is C18H17NO. The molecule has 0 spiro atoms. The first-order valence-electron chi connectivity index (χ1n) is 6.58. The molecule has 2 aromatic carbocycles. The second kappa shape index (κ2) is 6.58. The second-order valence-electron chi connectivity index (χ2n) is 4.59. The Bertz CT molecular complexity index is 598. The zero-order valence-corrected chi connectivity index (χ0v) is 11.5. The van der Waals surface area contributed by atoms with Gasteiger partial charge in [0.25, 0.3) is 5.91 Å². The van der Waals surface area contributed by atoms with Crippen molar-refractivity contribution in [3.8, 4) is 12.3 Å². The Kier molecular flexibility index (Phi) is 4.57. The van der Waals surface area contributed by atoms with Gasteiger partial charge in [-0.2, -0.15) is 0 Å². The van der Waals surface area contributed by atoms with Crippen LogP contribution in [-0.4, -0.2) is 17.4 Å². The first-order valence-corrected chi connectivity index (χ1v) is 6.58. The van der Waals surface area contributed by atoms with Crippen LogP contribution in [0.4, 0.5) is 0 Å². The lowest BCUT2D eigenvalue weighted by Gasteiger charge is -2.28. The van der Waals surface area contributed by atoms with Crippen molar-refractivity contribution in [1.29, 1.82) is 0 Å². The van der Waals surface area contributed by atoms with E-state index >= 15 is 0 Å². The van der Waals surface area contributed by atoms with Crippen molar-refractivity contribution in [3.63, 3.8) is 0 Å². The molecule has 0 heterocycles. The van der Waals surface area contributed by atoms with Crippen molar-refractivity contribution in [1.82, 2.24) is 4.90 Å². The summed E-state index contributed by atoms with van der Waals surface area (Å²) in [6.07, 6.45) is 5.42. The van der Waals surface area contributed by atoms with Crippen LogP contribution in [0.15, 0.2) is 60.7 Å². The Hall–Kier alpha value is -2.53. The number of carbonyl (C=O) groups is 1. The van der Waals surface area contributed by atoms with E-state index in [2.05, 4.69) is 5.92 Å². The van der Waals surface area contributed by atoms with Crippen LogP contribution in [0.5, 0.6) is 0 Å². The van der Waals surface area contributed by atoms with Gasteiger partial charge in [-0.15, -0.1) is 6.42 Å². The van der Waals surface area contributed by atoms with Crippen LogP contribution in [0.25, 0.3) is 0 Å². The zero-order chi connectivity index (χ0) is 14.4. The van der Waals surface area contributed by atoms with Crippen LogP contribution in [0.2, 0.25) is 0 Å². The predicted molar refractivity (Wildman–Crippen MR) is 81.2 cm³/mol. The van der Waals surface area contributed by atoms with Crippen LogP contribution in [0, 0.1) is 12.3 Å². The van der Waals surface area contributed by atoms with Gasteiger partial charge in [0, 0.05) is 5.56 Å². The Morgan fingerprint density at radius 1 is 1.10 bits per heavy atom. The van der Waals surface area contributed by atoms with E-state index in [1.807, 2.05) is 67.6 Å². The number of carbonyl (C=O) groups excluding carboxylic acids is 1. The summed E-state index contributed by atoms with van der Waals surface area (Å²) >= 11 is 0. The molecule has 0 N–H and O–H groups in total. The Morgan fingerprint density at radius 3 is 2.20 bits per heavy atom. The molecule has 1 atom stereocenters. The SMILES string of the molecule is C#CCN(C(=O)c1ccccc1)[C@@H](C)c1ccccc1. The Labute approximate surface area is 120 Å². The fourth-order valence-electron chi connectivity index (χ4n) is 2.14. The molecular weight excluding hydrogens is 246 g/mol. The first-order chi connectivity index (χ1) is 9.74. The maximum atomic E-state index is 12.6. The molecule has 0 saturated heterocycles. The first kappa shape index (κ1) is 13.9. The van der Waals surface area contributed by atoms with E-state index in [1.165, 1.54) is 0 Å². The van der Waals surface area contributed by atoms with Crippen molar-refractivity contribution >= 4 is 5.91 Å². The van der Waals surface area contributed by atoms with E-state index in [9.17, 15) is 4.79 Å². The summed E-state index contributed by atoms with van der Waals surface area (Å²) in [4.78, 5) is 14.3. The molecule has 0 radical (unpaired) electrons. The van der Waals surface area contributed by atoms with Gasteiger partial charge in [0.2, 0.25) is 0 Å². The molecule has 0 aliphatic carbocycles. The van der Waals surface area contributed by atoms with Crippen molar-refractivity contribution < 1.29 is 4.79 Å². The van der Waals surface area contributed by atoms with E-state index in [0.717, 1.165) is 5.56 Å². The molecule has 0 aliphatic rings. The zero-order valence-electron chi connectivity index (χ0n) is 11.5. The maximum Gasteiger partial charge on any atom is 0.255 e. The molecule has 1 amide bonds. The molecule has 0 unspecified atom stereocenters. The minimum atomic E-state index is -0.0556. The van der Waals surface area contributed by atoms with E-state index in [4.69, 9.17) is 6.42 Å². The third-order valence-corrected chi connectivity index (χ3v) is 3.29. The number of benzene rings is 2. The highest BCUT2D eigenvalue weighted by Crippen LogP contribution is 2.21. The summed E-state index contributed by atoms with van der Waals surface area (Å²) in [7, 11) is 0. The average molecular weight is 263 g/mol. The van der Waals surface area contributed by atoms with Gasteiger partial charge in [-0.05, 0) is 24.6 Å². The Balaban J connectivity index is 2.28. The molecule has 0 aliphatic heterocycles. The average Bonchev–Trinajstić information content (AvgIpc) is 2.53. The molecule has 2 nitrogen and oxygen atoms in total. The number of nitrogens with zero attached hydrogens (tertiary/aromatic N) is 1. The fraction of sp³-hybridized carbons (Fsp3) is 0.167. The van der Waals surface area contributed by atoms with Crippen molar-refractivity contribution in [2.75, 3.05) is 6.54 Å². The lowest BCUT2D eigenvalue weighted by atomic mass is 10.1. The van der Waals surface area contributed by atoms with Crippen LogP contribution >= 0.6 is 0 Å². The van der Waals surface area contributed by atoms with E-state index in [1.54, 1.807) is 4.90 Å². The monoisotopic (exact) mass is 263 g/mol. The number of amides is 1. The number of rotatable bonds is 4. The molecule has 2 aromatic rings. The summed E-state index contributed by atoms with van der Waals surface area (Å²) < 4.78 is 0. The van der Waals surface area contributed by atoms with Gasteiger partial charge in [-0.1, -0.05) is 54.5 Å². The van der Waals surface area contributed by atoms with Crippen molar-refractivity contribution in [2.45, 2.75) is 13.0 Å². The van der Waals surface area contributed by atoms with Gasteiger partial charge in [-0.3, -0.25) is 4.79 Å². The van der Waals surface area contributed by atoms with Crippen molar-refractivity contribution in [3.05, 3.63) is 71.8 Å². The maximum absolute atomic E-state index is 12.6. The minimum absolute atomic E-state index is 0.0418. The Morgan fingerprint density at radius 2 is 1.65 bits per heavy atom. The van der Waals surface area contributed by atoms with Crippen molar-refractivity contribution in [2.24, 2.45) is 0 Å². The van der Waals surface area contributed by atoms with Crippen LogP contribution in [0.3, 0.4) is 0 Å². The van der Waals surface area contributed by atoms with Crippen LogP contribution < -0.4 is 0 Å². The van der Waals surface area contributed by atoms with Gasteiger partial charge in [0.15, 0.2) is 0 Å². The van der Waals surface area contributed by atoms with E-state index in [0.29, 0.717) is 12.1 Å². The highest BCUT2D eigenvalue weighted by molar-refractivity contribution is 5.94. The van der Waals surface area contributed by atoms with Gasteiger partial charge in [0.05, 0.1) is 12.6 Å². The normalized spacial score (nSPS) is 11.4. The second-order valence-corrected chi connectivity index (χ2v) is 4.59. The predicted octanol–water partition coefficient (Wildman–Crippen LogP) is 3.52. The highest BCUT2D eigenvalue weighted by Gasteiger charge is 2.21. The topological polar surface area (TPSA) is 20.3 Å². The van der Waals surface area contributed by atoms with Gasteiger partial charge in [0.1, 0.15) is 0 Å². The molecule has 100 valence electrons. The van der Waals surface area contributed by atoms with E-state index in [-0.39, 0.29) is 11.9 Å². The highest BCUT2D eigenvalue weighted by atomic mass is 16.2.